The van der Waals surface area contributed by atoms with Gasteiger partial charge in [0.1, 0.15) is 12.4 Å². The van der Waals surface area contributed by atoms with E-state index in [4.69, 9.17) is 4.74 Å². The molecule has 2 nitrogen and oxygen atoms in total. The number of aliphatic hydroxyl groups is 1. The molecule has 108 valence electrons. The van der Waals surface area contributed by atoms with E-state index >= 15 is 0 Å². The van der Waals surface area contributed by atoms with E-state index in [-0.39, 0.29) is 6.10 Å². The summed E-state index contributed by atoms with van der Waals surface area (Å²) in [6.45, 7) is 0.532. The maximum Gasteiger partial charge on any atom is 0.120 e. The summed E-state index contributed by atoms with van der Waals surface area (Å²) in [6.07, 6.45) is 6.69. The molecule has 0 saturated carbocycles. The highest BCUT2D eigenvalue weighted by molar-refractivity contribution is 5.48. The van der Waals surface area contributed by atoms with Crippen LogP contribution in [-0.2, 0) is 6.42 Å². The molecule has 2 heteroatoms. The lowest BCUT2D eigenvalue weighted by Gasteiger charge is -2.21. The van der Waals surface area contributed by atoms with Crippen LogP contribution in [0.25, 0.3) is 6.08 Å². The van der Waals surface area contributed by atoms with E-state index in [0.717, 1.165) is 30.6 Å². The second-order valence-corrected chi connectivity index (χ2v) is 5.39. The summed E-state index contributed by atoms with van der Waals surface area (Å²) < 4.78 is 5.74. The zero-order valence-electron chi connectivity index (χ0n) is 12.0. The quantitative estimate of drug-likeness (QED) is 0.911. The number of ether oxygens (including phenoxy) is 1. The lowest BCUT2D eigenvalue weighted by Crippen LogP contribution is -2.09. The van der Waals surface area contributed by atoms with Crippen molar-refractivity contribution in [2.24, 2.45) is 0 Å². The molecule has 0 heterocycles. The summed E-state index contributed by atoms with van der Waals surface area (Å²) in [5, 5.41) is 10.0. The van der Waals surface area contributed by atoms with Gasteiger partial charge in [0, 0.05) is 0 Å². The molecule has 0 radical (unpaired) electrons. The van der Waals surface area contributed by atoms with Crippen LogP contribution in [0.4, 0.5) is 0 Å². The summed E-state index contributed by atoms with van der Waals surface area (Å²) in [6, 6.07) is 16.2. The third-order valence-corrected chi connectivity index (χ3v) is 3.86. The van der Waals surface area contributed by atoms with E-state index in [0.29, 0.717) is 6.61 Å². The zero-order chi connectivity index (χ0) is 14.5. The van der Waals surface area contributed by atoms with Gasteiger partial charge in [-0.1, -0.05) is 42.5 Å². The van der Waals surface area contributed by atoms with Crippen LogP contribution in [0, 0.1) is 0 Å². The minimum absolute atomic E-state index is 0.336. The third-order valence-electron chi connectivity index (χ3n) is 3.86. The van der Waals surface area contributed by atoms with E-state index in [1.165, 1.54) is 11.1 Å². The van der Waals surface area contributed by atoms with Crippen molar-refractivity contribution in [2.75, 3.05) is 6.61 Å². The molecule has 2 aromatic rings. The van der Waals surface area contributed by atoms with Crippen LogP contribution in [0.15, 0.2) is 54.6 Å². The van der Waals surface area contributed by atoms with Crippen molar-refractivity contribution in [1.29, 1.82) is 0 Å². The molecule has 3 rings (SSSR count). The molecule has 1 N–H and O–H groups in total. The first-order valence-electron chi connectivity index (χ1n) is 7.48. The highest BCUT2D eigenvalue weighted by atomic mass is 16.5. The first kappa shape index (κ1) is 13.9. The van der Waals surface area contributed by atoms with Crippen molar-refractivity contribution in [1.82, 2.24) is 0 Å². The average molecular weight is 280 g/mol. The lowest BCUT2D eigenvalue weighted by molar-refractivity contribution is 0.156. The molecule has 21 heavy (non-hydrogen) atoms. The minimum atomic E-state index is -0.336. The maximum atomic E-state index is 10.0. The van der Waals surface area contributed by atoms with Crippen LogP contribution in [0.5, 0.6) is 5.75 Å². The van der Waals surface area contributed by atoms with Crippen LogP contribution < -0.4 is 4.74 Å². The van der Waals surface area contributed by atoms with Gasteiger partial charge in [-0.3, -0.25) is 0 Å². The van der Waals surface area contributed by atoms with Gasteiger partial charge >= 0.3 is 0 Å². The first-order valence-corrected chi connectivity index (χ1v) is 7.48. The van der Waals surface area contributed by atoms with Crippen molar-refractivity contribution < 1.29 is 9.84 Å². The van der Waals surface area contributed by atoms with Crippen molar-refractivity contribution in [2.45, 2.75) is 25.4 Å². The van der Waals surface area contributed by atoms with Crippen molar-refractivity contribution in [3.05, 3.63) is 71.3 Å². The zero-order valence-corrected chi connectivity index (χ0v) is 12.0. The average Bonchev–Trinajstić information content (AvgIpc) is 2.53. The Bertz CT molecular complexity index is 617. The van der Waals surface area contributed by atoms with Crippen LogP contribution in [0.3, 0.4) is 0 Å². The molecular weight excluding hydrogens is 260 g/mol. The fourth-order valence-corrected chi connectivity index (χ4v) is 2.73. The van der Waals surface area contributed by atoms with Gasteiger partial charge in [0.15, 0.2) is 0 Å². The van der Waals surface area contributed by atoms with Gasteiger partial charge < -0.3 is 9.84 Å². The van der Waals surface area contributed by atoms with Gasteiger partial charge in [-0.2, -0.15) is 0 Å². The fourth-order valence-electron chi connectivity index (χ4n) is 2.73. The largest absolute Gasteiger partial charge is 0.490 e. The Kier molecular flexibility index (Phi) is 4.37. The molecule has 1 aliphatic rings. The minimum Gasteiger partial charge on any atom is -0.490 e. The van der Waals surface area contributed by atoms with Crippen LogP contribution in [0.2, 0.25) is 0 Å². The monoisotopic (exact) mass is 280 g/mol. The fraction of sp³-hybridized carbons (Fsp3) is 0.263. The molecule has 0 amide bonds. The molecule has 0 fully saturated rings. The van der Waals surface area contributed by atoms with E-state index in [1.54, 1.807) is 0 Å². The van der Waals surface area contributed by atoms with Gasteiger partial charge in [0.2, 0.25) is 0 Å². The SMILES string of the molecule is O[C@@H]1CCCc2ccc(OC/C=C/c3ccccc3)cc21. The molecule has 2 aromatic carbocycles. The van der Waals surface area contributed by atoms with Crippen LogP contribution >= 0.6 is 0 Å². The summed E-state index contributed by atoms with van der Waals surface area (Å²) in [7, 11) is 0. The summed E-state index contributed by atoms with van der Waals surface area (Å²) in [5.74, 6) is 0.826. The molecule has 0 aromatic heterocycles. The Balaban J connectivity index is 1.61. The van der Waals surface area contributed by atoms with Gasteiger partial charge in [-0.25, -0.2) is 0 Å². The number of fused-ring (bicyclic) bond motifs is 1. The van der Waals surface area contributed by atoms with Crippen molar-refractivity contribution in [3.63, 3.8) is 0 Å². The summed E-state index contributed by atoms with van der Waals surface area (Å²) >= 11 is 0. The Hall–Kier alpha value is -2.06. The van der Waals surface area contributed by atoms with E-state index in [9.17, 15) is 5.11 Å². The van der Waals surface area contributed by atoms with Crippen LogP contribution in [-0.4, -0.2) is 11.7 Å². The number of rotatable bonds is 4. The number of hydrogen-bond acceptors (Lipinski definition) is 2. The summed E-state index contributed by atoms with van der Waals surface area (Å²) in [4.78, 5) is 0. The molecule has 0 unspecified atom stereocenters. The van der Waals surface area contributed by atoms with Gasteiger partial charge in [0.05, 0.1) is 6.10 Å². The van der Waals surface area contributed by atoms with E-state index < -0.39 is 0 Å². The highest BCUT2D eigenvalue weighted by Gasteiger charge is 2.18. The van der Waals surface area contributed by atoms with Crippen LogP contribution in [0.1, 0.15) is 35.6 Å². The summed E-state index contributed by atoms with van der Waals surface area (Å²) in [5.41, 5.74) is 3.45. The van der Waals surface area contributed by atoms with E-state index in [1.807, 2.05) is 42.5 Å². The van der Waals surface area contributed by atoms with Crippen molar-refractivity contribution >= 4 is 6.08 Å². The number of benzene rings is 2. The highest BCUT2D eigenvalue weighted by Crippen LogP contribution is 2.32. The van der Waals surface area contributed by atoms with Gasteiger partial charge in [-0.05, 0) is 54.2 Å². The number of hydrogen-bond donors (Lipinski definition) is 1. The molecule has 0 spiro atoms. The van der Waals surface area contributed by atoms with E-state index in [2.05, 4.69) is 18.2 Å². The lowest BCUT2D eigenvalue weighted by atomic mass is 9.89. The Morgan fingerprint density at radius 2 is 2.00 bits per heavy atom. The predicted molar refractivity (Wildman–Crippen MR) is 85.3 cm³/mol. The Labute approximate surface area is 125 Å². The van der Waals surface area contributed by atoms with Crippen molar-refractivity contribution in [3.8, 4) is 5.75 Å². The molecule has 0 bridgehead atoms. The van der Waals surface area contributed by atoms with Gasteiger partial charge in [-0.15, -0.1) is 0 Å². The molecule has 0 saturated heterocycles. The number of aryl methyl sites for hydroxylation is 1. The first-order chi connectivity index (χ1) is 10.3. The normalized spacial score (nSPS) is 17.7. The second kappa shape index (κ2) is 6.59. The van der Waals surface area contributed by atoms with Gasteiger partial charge in [0.25, 0.3) is 0 Å². The third kappa shape index (κ3) is 3.53. The predicted octanol–water partition coefficient (Wildman–Crippen LogP) is 4.15. The Morgan fingerprint density at radius 3 is 2.86 bits per heavy atom. The number of aliphatic hydroxyl groups excluding tert-OH is 1. The molecular formula is C19H20O2. The second-order valence-electron chi connectivity index (χ2n) is 5.39. The smallest absolute Gasteiger partial charge is 0.120 e. The standard InChI is InChI=1S/C19H20O2/c20-19-10-4-9-16-11-12-17(14-18(16)19)21-13-5-8-15-6-2-1-3-7-15/h1-3,5-8,11-12,14,19-20H,4,9-10,13H2/b8-5+/t19-/m1/s1. The Morgan fingerprint density at radius 1 is 1.14 bits per heavy atom. The molecule has 1 atom stereocenters. The topological polar surface area (TPSA) is 29.5 Å². The molecule has 1 aliphatic carbocycles. The molecule has 0 aliphatic heterocycles. The maximum absolute atomic E-state index is 10.0.